The van der Waals surface area contributed by atoms with Gasteiger partial charge in [-0.1, -0.05) is 0 Å². The molecule has 0 radical (unpaired) electrons. The van der Waals surface area contributed by atoms with Crippen LogP contribution in [0.5, 0.6) is 0 Å². The topological polar surface area (TPSA) is 95.1 Å². The maximum absolute atomic E-state index is 11.6. The Hall–Kier alpha value is -1.47. The molecule has 16 heavy (non-hydrogen) atoms. The number of nitrogens with two attached hydrogens (primary N) is 1. The molecule has 7 nitrogen and oxygen atoms in total. The van der Waals surface area contributed by atoms with E-state index >= 15 is 0 Å². The van der Waals surface area contributed by atoms with Gasteiger partial charge in [0.1, 0.15) is 12.4 Å². The lowest BCUT2D eigenvalue weighted by atomic mass is 10.2. The van der Waals surface area contributed by atoms with Crippen LogP contribution in [-0.2, 0) is 16.6 Å². The lowest BCUT2D eigenvalue weighted by molar-refractivity contribution is -0.131. The van der Waals surface area contributed by atoms with Gasteiger partial charge in [-0.2, -0.15) is 0 Å². The SMILES string of the molecule is COC(CN)C(=O)NC(C)c1nncn1C. The van der Waals surface area contributed by atoms with Crippen molar-refractivity contribution in [3.05, 3.63) is 12.2 Å². The van der Waals surface area contributed by atoms with Gasteiger partial charge >= 0.3 is 0 Å². The molecule has 1 amide bonds. The van der Waals surface area contributed by atoms with Crippen molar-refractivity contribution in [1.82, 2.24) is 20.1 Å². The molecule has 0 saturated carbocycles. The molecule has 1 heterocycles. The first-order valence-electron chi connectivity index (χ1n) is 4.97. The lowest BCUT2D eigenvalue weighted by Gasteiger charge is -2.17. The van der Waals surface area contributed by atoms with Crippen molar-refractivity contribution < 1.29 is 9.53 Å². The van der Waals surface area contributed by atoms with Gasteiger partial charge < -0.3 is 20.4 Å². The Morgan fingerprint density at radius 2 is 2.44 bits per heavy atom. The van der Waals surface area contributed by atoms with E-state index in [1.165, 1.54) is 7.11 Å². The second kappa shape index (κ2) is 5.57. The molecule has 7 heteroatoms. The van der Waals surface area contributed by atoms with Gasteiger partial charge in [0.25, 0.3) is 5.91 Å². The number of carbonyl (C=O) groups excluding carboxylic acids is 1. The van der Waals surface area contributed by atoms with Crippen LogP contribution in [0.15, 0.2) is 6.33 Å². The van der Waals surface area contributed by atoms with Crippen molar-refractivity contribution >= 4 is 5.91 Å². The number of amides is 1. The molecule has 0 aromatic carbocycles. The Bertz CT molecular complexity index is 347. The fraction of sp³-hybridized carbons (Fsp3) is 0.667. The molecule has 0 aliphatic heterocycles. The summed E-state index contributed by atoms with van der Waals surface area (Å²) in [6, 6.07) is -0.232. The summed E-state index contributed by atoms with van der Waals surface area (Å²) in [6.07, 6.45) is 0.949. The van der Waals surface area contributed by atoms with Crippen molar-refractivity contribution in [1.29, 1.82) is 0 Å². The van der Waals surface area contributed by atoms with Crippen molar-refractivity contribution in [2.24, 2.45) is 12.8 Å². The Labute approximate surface area is 94.0 Å². The van der Waals surface area contributed by atoms with E-state index in [-0.39, 0.29) is 18.5 Å². The predicted molar refractivity (Wildman–Crippen MR) is 57.4 cm³/mol. The van der Waals surface area contributed by atoms with Crippen LogP contribution in [0.4, 0.5) is 0 Å². The molecule has 2 unspecified atom stereocenters. The summed E-state index contributed by atoms with van der Waals surface area (Å²) in [6.45, 7) is 1.97. The number of nitrogens with one attached hydrogen (secondary N) is 1. The van der Waals surface area contributed by atoms with E-state index < -0.39 is 6.10 Å². The largest absolute Gasteiger partial charge is 0.370 e. The second-order valence-electron chi connectivity index (χ2n) is 3.49. The highest BCUT2D eigenvalue weighted by Gasteiger charge is 2.20. The minimum Gasteiger partial charge on any atom is -0.370 e. The molecule has 0 aliphatic carbocycles. The molecule has 0 saturated heterocycles. The van der Waals surface area contributed by atoms with Gasteiger partial charge in [-0.3, -0.25) is 4.79 Å². The fourth-order valence-electron chi connectivity index (χ4n) is 1.37. The van der Waals surface area contributed by atoms with E-state index in [4.69, 9.17) is 10.5 Å². The zero-order valence-electron chi connectivity index (χ0n) is 9.67. The summed E-state index contributed by atoms with van der Waals surface area (Å²) in [5, 5.41) is 10.4. The summed E-state index contributed by atoms with van der Waals surface area (Å²) in [5.74, 6) is 0.431. The summed E-state index contributed by atoms with van der Waals surface area (Å²) in [7, 11) is 3.26. The molecule has 0 fully saturated rings. The Balaban J connectivity index is 2.61. The van der Waals surface area contributed by atoms with E-state index in [0.717, 1.165) is 0 Å². The first-order valence-corrected chi connectivity index (χ1v) is 4.97. The number of aryl methyl sites for hydroxylation is 1. The second-order valence-corrected chi connectivity index (χ2v) is 3.49. The monoisotopic (exact) mass is 227 g/mol. The van der Waals surface area contributed by atoms with E-state index in [1.807, 2.05) is 14.0 Å². The van der Waals surface area contributed by atoms with Gasteiger partial charge in [0, 0.05) is 20.7 Å². The highest BCUT2D eigenvalue weighted by molar-refractivity contribution is 5.81. The van der Waals surface area contributed by atoms with Crippen LogP contribution in [0.1, 0.15) is 18.8 Å². The molecule has 0 aliphatic rings. The minimum atomic E-state index is -0.629. The van der Waals surface area contributed by atoms with Crippen molar-refractivity contribution in [2.45, 2.75) is 19.1 Å². The maximum atomic E-state index is 11.6. The smallest absolute Gasteiger partial charge is 0.251 e. The van der Waals surface area contributed by atoms with Crippen molar-refractivity contribution in [3.8, 4) is 0 Å². The summed E-state index contributed by atoms with van der Waals surface area (Å²) >= 11 is 0. The van der Waals surface area contributed by atoms with Crippen LogP contribution in [0.25, 0.3) is 0 Å². The molecular weight excluding hydrogens is 210 g/mol. The average Bonchev–Trinajstić information content (AvgIpc) is 2.66. The molecule has 1 aromatic heterocycles. The number of methoxy groups -OCH3 is 1. The van der Waals surface area contributed by atoms with Gasteiger partial charge in [-0.15, -0.1) is 10.2 Å². The highest BCUT2D eigenvalue weighted by Crippen LogP contribution is 2.07. The third-order valence-corrected chi connectivity index (χ3v) is 2.28. The summed E-state index contributed by atoms with van der Waals surface area (Å²) < 4.78 is 6.68. The fourth-order valence-corrected chi connectivity index (χ4v) is 1.37. The van der Waals surface area contributed by atoms with Gasteiger partial charge in [0.05, 0.1) is 6.04 Å². The van der Waals surface area contributed by atoms with Crippen molar-refractivity contribution in [3.63, 3.8) is 0 Å². The van der Waals surface area contributed by atoms with Crippen LogP contribution in [-0.4, -0.2) is 40.4 Å². The standard InChI is InChI=1S/C9H17N5O2/c1-6(8-13-11-5-14(8)2)12-9(15)7(4-10)16-3/h5-7H,4,10H2,1-3H3,(H,12,15). The maximum Gasteiger partial charge on any atom is 0.251 e. The number of nitrogens with zero attached hydrogens (tertiary/aromatic N) is 3. The normalized spacial score (nSPS) is 14.5. The quantitative estimate of drug-likeness (QED) is 0.670. The van der Waals surface area contributed by atoms with Crippen LogP contribution >= 0.6 is 0 Å². The number of hydrogen-bond acceptors (Lipinski definition) is 5. The summed E-state index contributed by atoms with van der Waals surface area (Å²) in [4.78, 5) is 11.6. The predicted octanol–water partition coefficient (Wildman–Crippen LogP) is -1.03. The van der Waals surface area contributed by atoms with Crippen LogP contribution in [0, 0.1) is 0 Å². The molecule has 1 rings (SSSR count). The van der Waals surface area contributed by atoms with Gasteiger partial charge in [0.2, 0.25) is 0 Å². The van der Waals surface area contributed by atoms with Crippen LogP contribution in [0.2, 0.25) is 0 Å². The van der Waals surface area contributed by atoms with Crippen LogP contribution < -0.4 is 11.1 Å². The van der Waals surface area contributed by atoms with Gasteiger partial charge in [-0.05, 0) is 6.92 Å². The molecule has 2 atom stereocenters. The third kappa shape index (κ3) is 2.77. The van der Waals surface area contributed by atoms with E-state index in [0.29, 0.717) is 5.82 Å². The summed E-state index contributed by atoms with van der Waals surface area (Å²) in [5.41, 5.74) is 5.39. The Morgan fingerprint density at radius 3 is 2.88 bits per heavy atom. The van der Waals surface area contributed by atoms with E-state index in [2.05, 4.69) is 15.5 Å². The van der Waals surface area contributed by atoms with Gasteiger partial charge in [-0.25, -0.2) is 0 Å². The Kier molecular flexibility index (Phi) is 4.39. The zero-order valence-corrected chi connectivity index (χ0v) is 9.67. The van der Waals surface area contributed by atoms with Gasteiger partial charge in [0.15, 0.2) is 5.82 Å². The number of rotatable bonds is 5. The minimum absolute atomic E-state index is 0.147. The molecule has 0 spiro atoms. The zero-order chi connectivity index (χ0) is 12.1. The first-order chi connectivity index (χ1) is 7.60. The molecule has 3 N–H and O–H groups in total. The Morgan fingerprint density at radius 1 is 1.75 bits per heavy atom. The van der Waals surface area contributed by atoms with Crippen molar-refractivity contribution in [2.75, 3.05) is 13.7 Å². The first kappa shape index (κ1) is 12.6. The van der Waals surface area contributed by atoms with E-state index in [9.17, 15) is 4.79 Å². The number of carbonyl (C=O) groups is 1. The highest BCUT2D eigenvalue weighted by atomic mass is 16.5. The molecule has 0 bridgehead atoms. The molecule has 1 aromatic rings. The number of ether oxygens (including phenoxy) is 1. The number of hydrogen-bond donors (Lipinski definition) is 2. The number of aromatic nitrogens is 3. The molecular formula is C9H17N5O2. The van der Waals surface area contributed by atoms with Crippen LogP contribution in [0.3, 0.4) is 0 Å². The average molecular weight is 227 g/mol. The molecule has 90 valence electrons. The van der Waals surface area contributed by atoms with E-state index in [1.54, 1.807) is 10.9 Å². The lowest BCUT2D eigenvalue weighted by Crippen LogP contribution is -2.42. The third-order valence-electron chi connectivity index (χ3n) is 2.28.